The molecule has 0 amide bonds. The van der Waals surface area contributed by atoms with Crippen molar-refractivity contribution in [2.45, 2.75) is 91.5 Å². The minimum atomic E-state index is 0.177. The van der Waals surface area contributed by atoms with E-state index < -0.39 is 0 Å². The van der Waals surface area contributed by atoms with Crippen LogP contribution >= 0.6 is 0 Å². The van der Waals surface area contributed by atoms with E-state index in [-0.39, 0.29) is 5.60 Å². The Bertz CT molecular complexity index is 330. The maximum atomic E-state index is 5.98. The summed E-state index contributed by atoms with van der Waals surface area (Å²) >= 11 is 0. The summed E-state index contributed by atoms with van der Waals surface area (Å²) in [6.07, 6.45) is 7.47. The Balaban J connectivity index is 1.79. The van der Waals surface area contributed by atoms with E-state index in [0.717, 1.165) is 30.3 Å². The zero-order chi connectivity index (χ0) is 15.6. The zero-order valence-electron chi connectivity index (χ0n) is 15.0. The number of ether oxygens (including phenoxy) is 2. The van der Waals surface area contributed by atoms with E-state index in [9.17, 15) is 0 Å². The van der Waals surface area contributed by atoms with Gasteiger partial charge in [0.15, 0.2) is 0 Å². The molecule has 0 aromatic carbocycles. The largest absolute Gasteiger partial charge is 0.378 e. The number of epoxide rings is 1. The van der Waals surface area contributed by atoms with Crippen molar-refractivity contribution in [3.05, 3.63) is 0 Å². The van der Waals surface area contributed by atoms with Crippen LogP contribution in [0.5, 0.6) is 0 Å². The molecule has 2 fully saturated rings. The lowest BCUT2D eigenvalue weighted by atomic mass is 9.75. The molecule has 2 nitrogen and oxygen atoms in total. The van der Waals surface area contributed by atoms with Crippen LogP contribution in [0.25, 0.3) is 0 Å². The van der Waals surface area contributed by atoms with Crippen LogP contribution in [0.1, 0.15) is 73.6 Å². The Morgan fingerprint density at radius 3 is 2.43 bits per heavy atom. The van der Waals surface area contributed by atoms with Crippen LogP contribution in [0.4, 0.5) is 0 Å². The Labute approximate surface area is 132 Å². The molecule has 0 aliphatic carbocycles. The molecule has 2 saturated heterocycles. The predicted molar refractivity (Wildman–Crippen MR) is 88.4 cm³/mol. The second-order valence-corrected chi connectivity index (χ2v) is 8.17. The minimum Gasteiger partial charge on any atom is -0.378 e. The van der Waals surface area contributed by atoms with E-state index in [4.69, 9.17) is 9.47 Å². The summed E-state index contributed by atoms with van der Waals surface area (Å²) in [6, 6.07) is 0. The van der Waals surface area contributed by atoms with Gasteiger partial charge in [-0.05, 0) is 63.7 Å². The molecule has 2 rings (SSSR count). The lowest BCUT2D eigenvalue weighted by Crippen LogP contribution is -2.36. The summed E-state index contributed by atoms with van der Waals surface area (Å²) in [5.74, 6) is 3.09. The number of hydrogen-bond donors (Lipinski definition) is 0. The Kier molecular flexibility index (Phi) is 5.76. The molecular formula is C19H36O2. The zero-order valence-corrected chi connectivity index (χ0v) is 15.0. The molecule has 0 aromatic heterocycles. The molecule has 0 N–H and O–H groups in total. The van der Waals surface area contributed by atoms with E-state index in [1.54, 1.807) is 0 Å². The van der Waals surface area contributed by atoms with Crippen molar-refractivity contribution in [3.8, 4) is 0 Å². The molecule has 21 heavy (non-hydrogen) atoms. The molecule has 0 aromatic rings. The highest BCUT2D eigenvalue weighted by molar-refractivity contribution is 4.96. The van der Waals surface area contributed by atoms with Crippen molar-refractivity contribution in [1.82, 2.24) is 0 Å². The SMILES string of the molecule is CCC(CCC(C)C[C@]1(C)OC1C)C1CC(C)COC1C. The van der Waals surface area contributed by atoms with Gasteiger partial charge in [0, 0.05) is 6.61 Å². The molecule has 6 unspecified atom stereocenters. The van der Waals surface area contributed by atoms with Gasteiger partial charge in [0.2, 0.25) is 0 Å². The Morgan fingerprint density at radius 1 is 1.19 bits per heavy atom. The standard InChI is InChI=1S/C19H36O2/c1-7-17(18-10-14(3)12-20-15(18)4)9-8-13(2)11-19(6)16(5)21-19/h13-18H,7-12H2,1-6H3/t13?,14?,15?,16?,17?,18?,19-/m0/s1. The first kappa shape index (κ1) is 17.3. The molecule has 2 aliphatic rings. The van der Waals surface area contributed by atoms with Gasteiger partial charge < -0.3 is 9.47 Å². The van der Waals surface area contributed by atoms with E-state index in [0.29, 0.717) is 12.2 Å². The summed E-state index contributed by atoms with van der Waals surface area (Å²) < 4.78 is 11.7. The first-order valence-corrected chi connectivity index (χ1v) is 9.15. The van der Waals surface area contributed by atoms with Crippen molar-refractivity contribution in [2.24, 2.45) is 23.7 Å². The number of rotatable bonds is 7. The maximum absolute atomic E-state index is 5.98. The van der Waals surface area contributed by atoms with Gasteiger partial charge in [-0.1, -0.05) is 33.6 Å². The normalized spacial score (nSPS) is 42.6. The fourth-order valence-corrected chi connectivity index (χ4v) is 4.34. The fraction of sp³-hybridized carbons (Fsp3) is 1.00. The van der Waals surface area contributed by atoms with Crippen LogP contribution in [0, 0.1) is 23.7 Å². The van der Waals surface area contributed by atoms with Crippen LogP contribution in [-0.4, -0.2) is 24.4 Å². The monoisotopic (exact) mass is 296 g/mol. The minimum absolute atomic E-state index is 0.177. The van der Waals surface area contributed by atoms with E-state index in [1.165, 1.54) is 32.1 Å². The molecule has 2 heteroatoms. The molecule has 0 radical (unpaired) electrons. The van der Waals surface area contributed by atoms with Crippen molar-refractivity contribution in [1.29, 1.82) is 0 Å². The molecule has 2 heterocycles. The maximum Gasteiger partial charge on any atom is 0.0920 e. The third kappa shape index (κ3) is 4.45. The van der Waals surface area contributed by atoms with E-state index in [2.05, 4.69) is 41.5 Å². The van der Waals surface area contributed by atoms with Crippen molar-refractivity contribution >= 4 is 0 Å². The third-order valence-corrected chi connectivity index (χ3v) is 6.08. The van der Waals surface area contributed by atoms with Crippen LogP contribution < -0.4 is 0 Å². The van der Waals surface area contributed by atoms with Gasteiger partial charge >= 0.3 is 0 Å². The van der Waals surface area contributed by atoms with E-state index in [1.807, 2.05) is 0 Å². The first-order valence-electron chi connectivity index (χ1n) is 9.15. The van der Waals surface area contributed by atoms with Crippen LogP contribution in [-0.2, 0) is 9.47 Å². The van der Waals surface area contributed by atoms with Gasteiger partial charge in [-0.25, -0.2) is 0 Å². The van der Waals surface area contributed by atoms with Crippen LogP contribution in [0.15, 0.2) is 0 Å². The predicted octanol–water partition coefficient (Wildman–Crippen LogP) is 5.06. The molecule has 0 bridgehead atoms. The van der Waals surface area contributed by atoms with Gasteiger partial charge in [0.05, 0.1) is 17.8 Å². The first-order chi connectivity index (χ1) is 9.85. The molecule has 124 valence electrons. The second-order valence-electron chi connectivity index (χ2n) is 8.17. The molecule has 2 aliphatic heterocycles. The summed E-state index contributed by atoms with van der Waals surface area (Å²) in [4.78, 5) is 0. The quantitative estimate of drug-likeness (QED) is 0.613. The Hall–Kier alpha value is -0.0800. The lowest BCUT2D eigenvalue weighted by molar-refractivity contribution is -0.0630. The van der Waals surface area contributed by atoms with Gasteiger partial charge in [-0.15, -0.1) is 0 Å². The average Bonchev–Trinajstić information content (AvgIpc) is 3.00. The highest BCUT2D eigenvalue weighted by atomic mass is 16.6. The highest BCUT2D eigenvalue weighted by Gasteiger charge is 2.49. The summed E-state index contributed by atoms with van der Waals surface area (Å²) in [5, 5.41) is 0. The van der Waals surface area contributed by atoms with Gasteiger partial charge in [0.25, 0.3) is 0 Å². The van der Waals surface area contributed by atoms with Gasteiger partial charge in [0.1, 0.15) is 0 Å². The van der Waals surface area contributed by atoms with Crippen molar-refractivity contribution in [3.63, 3.8) is 0 Å². The summed E-state index contributed by atoms with van der Waals surface area (Å²) in [6.45, 7) is 14.8. The molecule has 7 atom stereocenters. The molecular weight excluding hydrogens is 260 g/mol. The van der Waals surface area contributed by atoms with Crippen LogP contribution in [0.3, 0.4) is 0 Å². The van der Waals surface area contributed by atoms with Gasteiger partial charge in [-0.2, -0.15) is 0 Å². The number of hydrogen-bond acceptors (Lipinski definition) is 2. The summed E-state index contributed by atoms with van der Waals surface area (Å²) in [5.41, 5.74) is 0.177. The topological polar surface area (TPSA) is 21.8 Å². The van der Waals surface area contributed by atoms with Crippen molar-refractivity contribution < 1.29 is 9.47 Å². The molecule has 0 spiro atoms. The smallest absolute Gasteiger partial charge is 0.0920 e. The second kappa shape index (κ2) is 7.00. The summed E-state index contributed by atoms with van der Waals surface area (Å²) in [7, 11) is 0. The highest BCUT2D eigenvalue weighted by Crippen LogP contribution is 2.42. The third-order valence-electron chi connectivity index (χ3n) is 6.08. The lowest BCUT2D eigenvalue weighted by Gasteiger charge is -2.38. The van der Waals surface area contributed by atoms with Gasteiger partial charge in [-0.3, -0.25) is 0 Å². The Morgan fingerprint density at radius 2 is 1.86 bits per heavy atom. The average molecular weight is 296 g/mol. The van der Waals surface area contributed by atoms with E-state index >= 15 is 0 Å². The fourth-order valence-electron chi connectivity index (χ4n) is 4.34. The van der Waals surface area contributed by atoms with Crippen LogP contribution in [0.2, 0.25) is 0 Å². The van der Waals surface area contributed by atoms with Crippen molar-refractivity contribution in [2.75, 3.05) is 6.61 Å². The molecule has 0 saturated carbocycles.